The molecule has 0 aromatic rings. The van der Waals surface area contributed by atoms with Crippen LogP contribution in [0.15, 0.2) is 4.99 Å². The number of aliphatic imine (C=N–C) groups is 1. The molecule has 12 heteroatoms. The molecule has 0 radical (unpaired) electrons. The van der Waals surface area contributed by atoms with Gasteiger partial charge >= 0.3 is 5.97 Å². The molecule has 0 aromatic heterocycles. The second-order valence-electron chi connectivity index (χ2n) is 8.08. The molecule has 0 aromatic carbocycles. The van der Waals surface area contributed by atoms with E-state index in [2.05, 4.69) is 20.9 Å². The molecule has 4 atom stereocenters. The van der Waals surface area contributed by atoms with Gasteiger partial charge < -0.3 is 38.3 Å². The third-order valence-electron chi connectivity index (χ3n) is 4.58. The monoisotopic (exact) mass is 443 g/mol. The number of nitrogens with zero attached hydrogens (tertiary/aromatic N) is 1. The molecule has 10 N–H and O–H groups in total. The molecule has 0 heterocycles. The Morgan fingerprint density at radius 2 is 1.45 bits per heavy atom. The first-order chi connectivity index (χ1) is 14.3. The molecule has 0 saturated heterocycles. The van der Waals surface area contributed by atoms with Gasteiger partial charge in [0, 0.05) is 6.54 Å². The van der Waals surface area contributed by atoms with Crippen molar-refractivity contribution in [3.05, 3.63) is 0 Å². The smallest absolute Gasteiger partial charge is 0.325 e. The highest BCUT2D eigenvalue weighted by Crippen LogP contribution is 2.07. The number of carbonyl (C=O) groups is 4. The van der Waals surface area contributed by atoms with Crippen LogP contribution in [0.5, 0.6) is 0 Å². The molecular formula is C19H37N7O5. The van der Waals surface area contributed by atoms with E-state index in [0.717, 1.165) is 0 Å². The first-order valence-electron chi connectivity index (χ1n) is 10.2. The fourth-order valence-electron chi connectivity index (χ4n) is 2.50. The van der Waals surface area contributed by atoms with E-state index in [-0.39, 0.29) is 30.8 Å². The number of carboxylic acids is 1. The molecule has 0 bridgehead atoms. The number of hydrogen-bond donors (Lipinski definition) is 7. The van der Waals surface area contributed by atoms with Gasteiger partial charge in [-0.3, -0.25) is 24.2 Å². The summed E-state index contributed by atoms with van der Waals surface area (Å²) < 4.78 is 0. The molecule has 0 aliphatic carbocycles. The van der Waals surface area contributed by atoms with Crippen molar-refractivity contribution in [3.63, 3.8) is 0 Å². The summed E-state index contributed by atoms with van der Waals surface area (Å²) in [6.45, 7) is 8.54. The summed E-state index contributed by atoms with van der Waals surface area (Å²) >= 11 is 0. The molecule has 31 heavy (non-hydrogen) atoms. The molecule has 0 aliphatic rings. The number of nitrogens with two attached hydrogens (primary N) is 3. The minimum absolute atomic E-state index is 0.0871. The van der Waals surface area contributed by atoms with E-state index in [0.29, 0.717) is 6.42 Å². The second-order valence-corrected chi connectivity index (χ2v) is 8.08. The maximum absolute atomic E-state index is 12.9. The zero-order valence-corrected chi connectivity index (χ0v) is 18.8. The number of nitrogens with one attached hydrogen (secondary N) is 3. The van der Waals surface area contributed by atoms with Crippen LogP contribution in [0.25, 0.3) is 0 Å². The number of carbonyl (C=O) groups excluding carboxylic acids is 3. The lowest BCUT2D eigenvalue weighted by molar-refractivity contribution is -0.142. The van der Waals surface area contributed by atoms with E-state index in [1.54, 1.807) is 27.7 Å². The summed E-state index contributed by atoms with van der Waals surface area (Å²) in [4.78, 5) is 52.6. The highest BCUT2D eigenvalue weighted by Gasteiger charge is 2.31. The number of aliphatic carboxylic acids is 1. The molecule has 0 aliphatic heterocycles. The normalized spacial score (nSPS) is 14.8. The molecule has 12 nitrogen and oxygen atoms in total. The van der Waals surface area contributed by atoms with Crippen molar-refractivity contribution in [2.45, 2.75) is 71.6 Å². The third-order valence-corrected chi connectivity index (χ3v) is 4.58. The summed E-state index contributed by atoms with van der Waals surface area (Å²) in [6, 6.07) is -3.90. The number of guanidine groups is 1. The van der Waals surface area contributed by atoms with Crippen LogP contribution in [-0.4, -0.2) is 65.5 Å². The SMILES string of the molecule is CC(NC(=O)C(NC(=O)C(CCCN=C(N)N)NC(=O)C(N)C(C)C)C(C)C)C(=O)O. The fraction of sp³-hybridized carbons (Fsp3) is 0.737. The summed E-state index contributed by atoms with van der Waals surface area (Å²) in [7, 11) is 0. The van der Waals surface area contributed by atoms with Crippen molar-refractivity contribution >= 4 is 29.7 Å². The van der Waals surface area contributed by atoms with Gasteiger partial charge in [-0.25, -0.2) is 0 Å². The zero-order chi connectivity index (χ0) is 24.3. The quantitative estimate of drug-likeness (QED) is 0.0980. The van der Waals surface area contributed by atoms with Crippen molar-refractivity contribution in [1.29, 1.82) is 0 Å². The Balaban J connectivity index is 5.38. The highest BCUT2D eigenvalue weighted by atomic mass is 16.4. The van der Waals surface area contributed by atoms with Gasteiger partial charge in [0.1, 0.15) is 18.1 Å². The van der Waals surface area contributed by atoms with Crippen LogP contribution < -0.4 is 33.2 Å². The molecular weight excluding hydrogens is 406 g/mol. The van der Waals surface area contributed by atoms with Crippen LogP contribution >= 0.6 is 0 Å². The van der Waals surface area contributed by atoms with E-state index in [4.69, 9.17) is 22.3 Å². The van der Waals surface area contributed by atoms with Gasteiger partial charge in [0.05, 0.1) is 6.04 Å². The van der Waals surface area contributed by atoms with Crippen molar-refractivity contribution in [2.75, 3.05) is 6.54 Å². The largest absolute Gasteiger partial charge is 0.480 e. The lowest BCUT2D eigenvalue weighted by Gasteiger charge is -2.27. The average molecular weight is 444 g/mol. The maximum atomic E-state index is 12.9. The highest BCUT2D eigenvalue weighted by molar-refractivity contribution is 5.94. The van der Waals surface area contributed by atoms with Gasteiger partial charge in [0.15, 0.2) is 5.96 Å². The first kappa shape index (κ1) is 28.1. The van der Waals surface area contributed by atoms with Crippen LogP contribution in [-0.2, 0) is 19.2 Å². The van der Waals surface area contributed by atoms with Crippen LogP contribution in [0, 0.1) is 11.8 Å². The summed E-state index contributed by atoms with van der Waals surface area (Å²) in [5, 5.41) is 16.5. The van der Waals surface area contributed by atoms with E-state index in [1.807, 2.05) is 0 Å². The van der Waals surface area contributed by atoms with Crippen molar-refractivity contribution in [1.82, 2.24) is 16.0 Å². The molecule has 0 saturated carbocycles. The van der Waals surface area contributed by atoms with Crippen LogP contribution in [0.2, 0.25) is 0 Å². The predicted octanol–water partition coefficient (Wildman–Crippen LogP) is -1.76. The molecule has 178 valence electrons. The predicted molar refractivity (Wildman–Crippen MR) is 117 cm³/mol. The Morgan fingerprint density at radius 1 is 0.871 bits per heavy atom. The molecule has 3 amide bonds. The Morgan fingerprint density at radius 3 is 1.90 bits per heavy atom. The number of hydrogen-bond acceptors (Lipinski definition) is 6. The van der Waals surface area contributed by atoms with Gasteiger partial charge in [-0.05, 0) is 31.6 Å². The summed E-state index contributed by atoms with van der Waals surface area (Å²) in [5.74, 6) is -3.49. The van der Waals surface area contributed by atoms with Crippen molar-refractivity contribution < 1.29 is 24.3 Å². The number of amides is 3. The Bertz CT molecular complexity index is 662. The maximum Gasteiger partial charge on any atom is 0.325 e. The standard InChI is InChI=1S/C19H37N7O5/c1-9(2)13(20)16(28)25-12(7-6-8-23-19(21)22)15(27)26-14(10(3)4)17(29)24-11(5)18(30)31/h9-14H,6-8,20H2,1-5H3,(H,24,29)(H,25,28)(H,26,27)(H,30,31)(H4,21,22,23). The number of carboxylic acid groups (broad SMARTS) is 1. The third kappa shape index (κ3) is 10.6. The van der Waals surface area contributed by atoms with Crippen molar-refractivity contribution in [2.24, 2.45) is 34.0 Å². The van der Waals surface area contributed by atoms with E-state index in [9.17, 15) is 19.2 Å². The Labute approximate surface area is 182 Å². The number of rotatable bonds is 13. The van der Waals surface area contributed by atoms with Crippen LogP contribution in [0.3, 0.4) is 0 Å². The lowest BCUT2D eigenvalue weighted by atomic mass is 10.0. The van der Waals surface area contributed by atoms with Gasteiger partial charge in [-0.15, -0.1) is 0 Å². The molecule has 0 rings (SSSR count). The van der Waals surface area contributed by atoms with Gasteiger partial charge in [-0.2, -0.15) is 0 Å². The van der Waals surface area contributed by atoms with Gasteiger partial charge in [-0.1, -0.05) is 27.7 Å². The fourth-order valence-corrected chi connectivity index (χ4v) is 2.50. The molecule has 0 spiro atoms. The average Bonchev–Trinajstić information content (AvgIpc) is 2.66. The van der Waals surface area contributed by atoms with E-state index in [1.165, 1.54) is 6.92 Å². The second kappa shape index (κ2) is 13.4. The van der Waals surface area contributed by atoms with Gasteiger partial charge in [0.25, 0.3) is 0 Å². The topological polar surface area (TPSA) is 215 Å². The lowest BCUT2D eigenvalue weighted by Crippen LogP contribution is -2.58. The Kier molecular flexibility index (Phi) is 12.2. The van der Waals surface area contributed by atoms with E-state index >= 15 is 0 Å². The van der Waals surface area contributed by atoms with E-state index < -0.39 is 47.9 Å². The summed E-state index contributed by atoms with van der Waals surface area (Å²) in [5.41, 5.74) is 16.4. The Hall–Kier alpha value is -2.89. The van der Waals surface area contributed by atoms with Crippen LogP contribution in [0.1, 0.15) is 47.5 Å². The summed E-state index contributed by atoms with van der Waals surface area (Å²) in [6.07, 6.45) is 0.596. The van der Waals surface area contributed by atoms with Crippen molar-refractivity contribution in [3.8, 4) is 0 Å². The molecule has 4 unspecified atom stereocenters. The zero-order valence-electron chi connectivity index (χ0n) is 18.8. The van der Waals surface area contributed by atoms with Crippen LogP contribution in [0.4, 0.5) is 0 Å². The minimum atomic E-state index is -1.20. The first-order valence-corrected chi connectivity index (χ1v) is 10.2. The molecule has 0 fully saturated rings. The minimum Gasteiger partial charge on any atom is -0.480 e. The van der Waals surface area contributed by atoms with Gasteiger partial charge in [0.2, 0.25) is 17.7 Å².